The minimum absolute atomic E-state index is 0.166. The van der Waals surface area contributed by atoms with E-state index in [1.54, 1.807) is 0 Å². The molecule has 1 nitrogen and oxygen atoms in total. The van der Waals surface area contributed by atoms with Gasteiger partial charge in [-0.05, 0) is 6.42 Å². The van der Waals surface area contributed by atoms with E-state index in [0.717, 1.165) is 12.0 Å². The highest BCUT2D eigenvalue weighted by molar-refractivity contribution is 5.97. The van der Waals surface area contributed by atoms with Crippen molar-refractivity contribution in [3.05, 3.63) is 35.9 Å². The van der Waals surface area contributed by atoms with Gasteiger partial charge >= 0.3 is 0 Å². The van der Waals surface area contributed by atoms with Crippen molar-refractivity contribution in [2.24, 2.45) is 5.92 Å². The van der Waals surface area contributed by atoms with Gasteiger partial charge in [0.2, 0.25) is 0 Å². The summed E-state index contributed by atoms with van der Waals surface area (Å²) in [6.07, 6.45) is 5.98. The number of ketones is 1. The lowest BCUT2D eigenvalue weighted by atomic mass is 9.94. The molecule has 0 N–H and O–H groups in total. The molecular weight excluding hydrogens is 196 g/mol. The first-order valence-corrected chi connectivity index (χ1v) is 6.35. The number of hydrogen-bond acceptors (Lipinski definition) is 1. The second kappa shape index (κ2) is 7.21. The largest absolute Gasteiger partial charge is 0.294 e. The molecule has 1 heteroatoms. The normalized spacial score (nSPS) is 12.4. The second-order valence-electron chi connectivity index (χ2n) is 4.48. The summed E-state index contributed by atoms with van der Waals surface area (Å²) < 4.78 is 0. The summed E-state index contributed by atoms with van der Waals surface area (Å²) in [6, 6.07) is 9.62. The van der Waals surface area contributed by atoms with E-state index in [4.69, 9.17) is 0 Å². The van der Waals surface area contributed by atoms with E-state index in [-0.39, 0.29) is 11.7 Å². The third-order valence-electron chi connectivity index (χ3n) is 3.00. The Kier molecular flexibility index (Phi) is 5.84. The van der Waals surface area contributed by atoms with Gasteiger partial charge in [0.1, 0.15) is 0 Å². The first kappa shape index (κ1) is 13.0. The first-order valence-electron chi connectivity index (χ1n) is 6.35. The van der Waals surface area contributed by atoms with Crippen LogP contribution in [0.2, 0.25) is 0 Å². The van der Waals surface area contributed by atoms with Crippen molar-refractivity contribution in [2.45, 2.75) is 46.0 Å². The predicted octanol–water partition coefficient (Wildman–Crippen LogP) is 4.48. The fourth-order valence-electron chi connectivity index (χ4n) is 1.90. The van der Waals surface area contributed by atoms with Gasteiger partial charge in [-0.3, -0.25) is 4.79 Å². The van der Waals surface area contributed by atoms with Crippen LogP contribution in [0.1, 0.15) is 56.3 Å². The molecule has 1 aromatic carbocycles. The molecule has 0 aliphatic rings. The van der Waals surface area contributed by atoms with Gasteiger partial charge in [-0.25, -0.2) is 0 Å². The molecule has 1 atom stereocenters. The Morgan fingerprint density at radius 2 is 1.81 bits per heavy atom. The van der Waals surface area contributed by atoms with E-state index in [0.29, 0.717) is 0 Å². The van der Waals surface area contributed by atoms with E-state index in [9.17, 15) is 4.79 Å². The molecule has 0 bridgehead atoms. The van der Waals surface area contributed by atoms with Crippen LogP contribution in [-0.4, -0.2) is 5.78 Å². The highest BCUT2D eigenvalue weighted by atomic mass is 16.1. The standard InChI is InChI=1S/C15H22O/c1-3-4-5-7-10-13(2)15(16)14-11-8-6-9-12-14/h6,8-9,11-13H,3-5,7,10H2,1-2H3/t13-/m0/s1. The van der Waals surface area contributed by atoms with Gasteiger partial charge in [-0.2, -0.15) is 0 Å². The zero-order valence-corrected chi connectivity index (χ0v) is 10.4. The molecule has 0 spiro atoms. The van der Waals surface area contributed by atoms with Crippen molar-refractivity contribution >= 4 is 5.78 Å². The fourth-order valence-corrected chi connectivity index (χ4v) is 1.90. The Balaban J connectivity index is 2.37. The van der Waals surface area contributed by atoms with Crippen molar-refractivity contribution in [2.75, 3.05) is 0 Å². The Morgan fingerprint density at radius 1 is 1.12 bits per heavy atom. The van der Waals surface area contributed by atoms with E-state index in [1.165, 1.54) is 25.7 Å². The molecule has 0 radical (unpaired) electrons. The molecule has 0 aromatic heterocycles. The summed E-state index contributed by atoms with van der Waals surface area (Å²) >= 11 is 0. The first-order chi connectivity index (χ1) is 7.75. The van der Waals surface area contributed by atoms with Gasteiger partial charge in [-0.15, -0.1) is 0 Å². The van der Waals surface area contributed by atoms with Crippen LogP contribution >= 0.6 is 0 Å². The van der Waals surface area contributed by atoms with Crippen molar-refractivity contribution in [1.82, 2.24) is 0 Å². The van der Waals surface area contributed by atoms with Gasteiger partial charge in [0.05, 0.1) is 0 Å². The van der Waals surface area contributed by atoms with Crippen molar-refractivity contribution in [3.63, 3.8) is 0 Å². The van der Waals surface area contributed by atoms with Crippen molar-refractivity contribution in [3.8, 4) is 0 Å². The lowest BCUT2D eigenvalue weighted by Crippen LogP contribution is -2.11. The molecule has 0 saturated heterocycles. The van der Waals surface area contributed by atoms with Crippen LogP contribution < -0.4 is 0 Å². The third kappa shape index (κ3) is 4.18. The minimum Gasteiger partial charge on any atom is -0.294 e. The molecule has 0 amide bonds. The Labute approximate surface area is 98.9 Å². The number of carbonyl (C=O) groups is 1. The number of hydrogen-bond donors (Lipinski definition) is 0. The molecule has 1 aromatic rings. The zero-order valence-electron chi connectivity index (χ0n) is 10.4. The second-order valence-corrected chi connectivity index (χ2v) is 4.48. The maximum Gasteiger partial charge on any atom is 0.165 e. The molecule has 0 saturated carbocycles. The van der Waals surface area contributed by atoms with Gasteiger partial charge < -0.3 is 0 Å². The molecule has 88 valence electrons. The molecule has 0 unspecified atom stereocenters. The average molecular weight is 218 g/mol. The molecule has 0 fully saturated rings. The van der Waals surface area contributed by atoms with E-state index < -0.39 is 0 Å². The van der Waals surface area contributed by atoms with E-state index in [2.05, 4.69) is 6.92 Å². The lowest BCUT2D eigenvalue weighted by Gasteiger charge is -2.09. The molecule has 16 heavy (non-hydrogen) atoms. The van der Waals surface area contributed by atoms with Gasteiger partial charge in [0.25, 0.3) is 0 Å². The molecule has 0 aliphatic carbocycles. The summed E-state index contributed by atoms with van der Waals surface area (Å²) in [7, 11) is 0. The monoisotopic (exact) mass is 218 g/mol. The summed E-state index contributed by atoms with van der Waals surface area (Å²) in [6.45, 7) is 4.25. The number of benzene rings is 1. The number of unbranched alkanes of at least 4 members (excludes halogenated alkanes) is 3. The van der Waals surface area contributed by atoms with Crippen LogP contribution in [0.5, 0.6) is 0 Å². The number of Topliss-reactive ketones (excluding diaryl/α,β-unsaturated/α-hetero) is 1. The SMILES string of the molecule is CCCCCC[C@H](C)C(=O)c1ccccc1. The Hall–Kier alpha value is -1.11. The van der Waals surface area contributed by atoms with Crippen LogP contribution in [-0.2, 0) is 0 Å². The average Bonchev–Trinajstić information content (AvgIpc) is 2.34. The lowest BCUT2D eigenvalue weighted by molar-refractivity contribution is 0.0922. The van der Waals surface area contributed by atoms with Crippen LogP contribution in [0, 0.1) is 5.92 Å². The van der Waals surface area contributed by atoms with Gasteiger partial charge in [-0.1, -0.05) is 69.9 Å². The highest BCUT2D eigenvalue weighted by Gasteiger charge is 2.13. The fraction of sp³-hybridized carbons (Fsp3) is 0.533. The van der Waals surface area contributed by atoms with Crippen molar-refractivity contribution < 1.29 is 4.79 Å². The third-order valence-corrected chi connectivity index (χ3v) is 3.00. The molecular formula is C15H22O. The maximum atomic E-state index is 12.0. The van der Waals surface area contributed by atoms with Crippen molar-refractivity contribution in [1.29, 1.82) is 0 Å². The van der Waals surface area contributed by atoms with E-state index >= 15 is 0 Å². The quantitative estimate of drug-likeness (QED) is 0.487. The Morgan fingerprint density at radius 3 is 2.44 bits per heavy atom. The summed E-state index contributed by atoms with van der Waals surface area (Å²) in [5, 5.41) is 0. The van der Waals surface area contributed by atoms with Gasteiger partial charge in [0.15, 0.2) is 5.78 Å². The predicted molar refractivity (Wildman–Crippen MR) is 68.7 cm³/mol. The number of rotatable bonds is 7. The molecule has 0 heterocycles. The summed E-state index contributed by atoms with van der Waals surface area (Å²) in [5.41, 5.74) is 0.852. The summed E-state index contributed by atoms with van der Waals surface area (Å²) in [5.74, 6) is 0.455. The maximum absolute atomic E-state index is 12.0. The van der Waals surface area contributed by atoms with Crippen LogP contribution in [0.4, 0.5) is 0 Å². The van der Waals surface area contributed by atoms with Gasteiger partial charge in [0, 0.05) is 11.5 Å². The minimum atomic E-state index is 0.166. The van der Waals surface area contributed by atoms with Crippen LogP contribution in [0.15, 0.2) is 30.3 Å². The topological polar surface area (TPSA) is 17.1 Å². The highest BCUT2D eigenvalue weighted by Crippen LogP contribution is 2.15. The summed E-state index contributed by atoms with van der Waals surface area (Å²) in [4.78, 5) is 12.0. The van der Waals surface area contributed by atoms with E-state index in [1.807, 2.05) is 37.3 Å². The number of carbonyl (C=O) groups excluding carboxylic acids is 1. The van der Waals surface area contributed by atoms with Crippen LogP contribution in [0.25, 0.3) is 0 Å². The smallest absolute Gasteiger partial charge is 0.165 e. The Bertz CT molecular complexity index is 302. The van der Waals surface area contributed by atoms with Crippen LogP contribution in [0.3, 0.4) is 0 Å². The molecule has 0 aliphatic heterocycles. The zero-order chi connectivity index (χ0) is 11.8. The molecule has 1 rings (SSSR count).